The topological polar surface area (TPSA) is 12.0 Å². The maximum absolute atomic E-state index is 3.86. The second kappa shape index (κ2) is 5.63. The molecule has 3 rings (SSSR count). The van der Waals surface area contributed by atoms with Crippen molar-refractivity contribution in [2.24, 2.45) is 22.7 Å². The van der Waals surface area contributed by atoms with Gasteiger partial charge in [-0.3, -0.25) is 0 Å². The molecule has 0 spiro atoms. The Morgan fingerprint density at radius 2 is 1.70 bits per heavy atom. The Kier molecular flexibility index (Phi) is 4.19. The van der Waals surface area contributed by atoms with Crippen molar-refractivity contribution in [1.29, 1.82) is 0 Å². The fourth-order valence-electron chi connectivity index (χ4n) is 6.42. The molecule has 2 saturated carbocycles. The molecule has 1 aliphatic heterocycles. The van der Waals surface area contributed by atoms with Gasteiger partial charge in [-0.2, -0.15) is 0 Å². The van der Waals surface area contributed by atoms with E-state index in [2.05, 4.69) is 26.1 Å². The van der Waals surface area contributed by atoms with Gasteiger partial charge in [-0.05, 0) is 67.7 Å². The van der Waals surface area contributed by atoms with Crippen LogP contribution in [0.4, 0.5) is 0 Å². The highest BCUT2D eigenvalue weighted by Crippen LogP contribution is 2.61. The summed E-state index contributed by atoms with van der Waals surface area (Å²) < 4.78 is 0. The highest BCUT2D eigenvalue weighted by atomic mass is 14.9. The molecule has 20 heavy (non-hydrogen) atoms. The van der Waals surface area contributed by atoms with Crippen molar-refractivity contribution in [2.45, 2.75) is 91.0 Å². The van der Waals surface area contributed by atoms with E-state index in [1.165, 1.54) is 70.8 Å². The molecule has 3 aliphatic rings. The zero-order valence-corrected chi connectivity index (χ0v) is 14.0. The maximum atomic E-state index is 3.86. The molecule has 1 nitrogen and oxygen atoms in total. The fourth-order valence-corrected chi connectivity index (χ4v) is 6.42. The standard InChI is InChI=1S/C19H35N/c1-4-19(13-8-7-12-18(19,2)3)16-11-14-20-17-10-6-5-9-15(16)17/h15-17,20H,4-14H2,1-3H3. The van der Waals surface area contributed by atoms with Gasteiger partial charge >= 0.3 is 0 Å². The SMILES string of the molecule is CCC1(C2CCNC3CCCCC32)CCCCC1(C)C. The molecule has 2 aliphatic carbocycles. The number of fused-ring (bicyclic) bond motifs is 1. The Labute approximate surface area is 126 Å². The first-order valence-electron chi connectivity index (χ1n) is 9.34. The van der Waals surface area contributed by atoms with Gasteiger partial charge < -0.3 is 5.32 Å². The van der Waals surface area contributed by atoms with Crippen LogP contribution in [0.3, 0.4) is 0 Å². The van der Waals surface area contributed by atoms with Crippen LogP contribution in [0.25, 0.3) is 0 Å². The summed E-state index contributed by atoms with van der Waals surface area (Å²) in [5.41, 5.74) is 1.19. The molecule has 1 saturated heterocycles. The highest BCUT2D eigenvalue weighted by Gasteiger charge is 2.53. The summed E-state index contributed by atoms with van der Waals surface area (Å²) in [5.74, 6) is 1.98. The van der Waals surface area contributed by atoms with E-state index in [4.69, 9.17) is 0 Å². The summed E-state index contributed by atoms with van der Waals surface area (Å²) in [6, 6.07) is 0.851. The van der Waals surface area contributed by atoms with Gasteiger partial charge in [-0.1, -0.05) is 46.5 Å². The number of piperidine rings is 1. The van der Waals surface area contributed by atoms with E-state index in [-0.39, 0.29) is 0 Å². The Morgan fingerprint density at radius 1 is 0.950 bits per heavy atom. The molecule has 1 N–H and O–H groups in total. The predicted molar refractivity (Wildman–Crippen MR) is 86.8 cm³/mol. The lowest BCUT2D eigenvalue weighted by molar-refractivity contribution is -0.0904. The second-order valence-electron chi connectivity index (χ2n) is 8.50. The Hall–Kier alpha value is -0.0400. The zero-order chi connectivity index (χ0) is 14.2. The van der Waals surface area contributed by atoms with E-state index in [9.17, 15) is 0 Å². The van der Waals surface area contributed by atoms with Gasteiger partial charge in [0.1, 0.15) is 0 Å². The van der Waals surface area contributed by atoms with Crippen molar-refractivity contribution >= 4 is 0 Å². The van der Waals surface area contributed by atoms with Crippen molar-refractivity contribution in [3.63, 3.8) is 0 Å². The number of nitrogens with one attached hydrogen (secondary N) is 1. The van der Waals surface area contributed by atoms with Gasteiger partial charge in [-0.25, -0.2) is 0 Å². The molecule has 0 aromatic rings. The minimum Gasteiger partial charge on any atom is -0.314 e. The maximum Gasteiger partial charge on any atom is 0.00981 e. The Bertz CT molecular complexity index is 333. The van der Waals surface area contributed by atoms with Crippen molar-refractivity contribution in [3.05, 3.63) is 0 Å². The number of hydrogen-bond donors (Lipinski definition) is 1. The van der Waals surface area contributed by atoms with Crippen molar-refractivity contribution in [3.8, 4) is 0 Å². The molecule has 116 valence electrons. The molecule has 0 radical (unpaired) electrons. The molecule has 4 atom stereocenters. The summed E-state index contributed by atoms with van der Waals surface area (Å²) in [6.45, 7) is 8.96. The monoisotopic (exact) mass is 277 g/mol. The highest BCUT2D eigenvalue weighted by molar-refractivity contribution is 5.04. The first-order valence-corrected chi connectivity index (χ1v) is 9.34. The molecule has 0 aromatic heterocycles. The molecule has 3 fully saturated rings. The van der Waals surface area contributed by atoms with E-state index in [1.54, 1.807) is 0 Å². The molecular weight excluding hydrogens is 242 g/mol. The van der Waals surface area contributed by atoms with Crippen molar-refractivity contribution in [2.75, 3.05) is 6.54 Å². The Balaban J connectivity index is 1.90. The largest absolute Gasteiger partial charge is 0.314 e. The quantitative estimate of drug-likeness (QED) is 0.736. The van der Waals surface area contributed by atoms with Crippen LogP contribution in [-0.2, 0) is 0 Å². The summed E-state index contributed by atoms with van der Waals surface area (Å²) in [7, 11) is 0. The normalized spacial score (nSPS) is 44.9. The van der Waals surface area contributed by atoms with Gasteiger partial charge in [0.15, 0.2) is 0 Å². The smallest absolute Gasteiger partial charge is 0.00981 e. The van der Waals surface area contributed by atoms with Gasteiger partial charge in [0.05, 0.1) is 0 Å². The molecular formula is C19H35N. The van der Waals surface area contributed by atoms with Crippen LogP contribution in [0.5, 0.6) is 0 Å². The molecule has 4 unspecified atom stereocenters. The minimum atomic E-state index is 0.560. The molecule has 0 aromatic carbocycles. The first-order chi connectivity index (χ1) is 9.61. The zero-order valence-electron chi connectivity index (χ0n) is 14.0. The third-order valence-electron chi connectivity index (χ3n) is 7.56. The lowest BCUT2D eigenvalue weighted by Crippen LogP contribution is -2.56. The van der Waals surface area contributed by atoms with Gasteiger partial charge in [0.2, 0.25) is 0 Å². The van der Waals surface area contributed by atoms with Crippen LogP contribution in [-0.4, -0.2) is 12.6 Å². The van der Waals surface area contributed by atoms with Crippen LogP contribution in [0, 0.1) is 22.7 Å². The van der Waals surface area contributed by atoms with E-state index in [0.29, 0.717) is 10.8 Å². The van der Waals surface area contributed by atoms with Crippen LogP contribution in [0.2, 0.25) is 0 Å². The molecule has 0 bridgehead atoms. The van der Waals surface area contributed by atoms with Crippen molar-refractivity contribution in [1.82, 2.24) is 5.32 Å². The van der Waals surface area contributed by atoms with E-state index in [1.807, 2.05) is 0 Å². The average molecular weight is 277 g/mol. The van der Waals surface area contributed by atoms with Crippen LogP contribution >= 0.6 is 0 Å². The summed E-state index contributed by atoms with van der Waals surface area (Å²) in [4.78, 5) is 0. The fraction of sp³-hybridized carbons (Fsp3) is 1.00. The van der Waals surface area contributed by atoms with Gasteiger partial charge in [0, 0.05) is 6.04 Å². The van der Waals surface area contributed by atoms with Gasteiger partial charge in [0.25, 0.3) is 0 Å². The third-order valence-corrected chi connectivity index (χ3v) is 7.56. The van der Waals surface area contributed by atoms with E-state index >= 15 is 0 Å². The average Bonchev–Trinajstić information content (AvgIpc) is 2.47. The second-order valence-corrected chi connectivity index (χ2v) is 8.50. The lowest BCUT2D eigenvalue weighted by atomic mass is 9.47. The Morgan fingerprint density at radius 3 is 2.45 bits per heavy atom. The summed E-state index contributed by atoms with van der Waals surface area (Å²) >= 11 is 0. The van der Waals surface area contributed by atoms with Crippen LogP contribution in [0.15, 0.2) is 0 Å². The number of rotatable bonds is 2. The van der Waals surface area contributed by atoms with E-state index in [0.717, 1.165) is 17.9 Å². The minimum absolute atomic E-state index is 0.560. The lowest BCUT2D eigenvalue weighted by Gasteiger charge is -2.59. The van der Waals surface area contributed by atoms with Crippen molar-refractivity contribution < 1.29 is 0 Å². The molecule has 0 amide bonds. The predicted octanol–water partition coefficient (Wildman–Crippen LogP) is 5.15. The van der Waals surface area contributed by atoms with Crippen LogP contribution in [0.1, 0.15) is 85.0 Å². The summed E-state index contributed by atoms with van der Waals surface area (Å²) in [6.07, 6.45) is 14.7. The van der Waals surface area contributed by atoms with E-state index < -0.39 is 0 Å². The summed E-state index contributed by atoms with van der Waals surface area (Å²) in [5, 5.41) is 3.86. The van der Waals surface area contributed by atoms with Crippen LogP contribution < -0.4 is 5.32 Å². The first kappa shape index (κ1) is 14.9. The molecule has 1 heterocycles. The number of hydrogen-bond acceptors (Lipinski definition) is 1. The molecule has 1 heteroatoms. The third kappa shape index (κ3) is 2.25. The van der Waals surface area contributed by atoms with Gasteiger partial charge in [-0.15, -0.1) is 0 Å².